The Balaban J connectivity index is 1.44. The molecule has 0 radical (unpaired) electrons. The van der Waals surface area contributed by atoms with Gasteiger partial charge in [0.1, 0.15) is 5.82 Å². The Morgan fingerprint density at radius 3 is 2.27 bits per heavy atom. The number of amides is 2. The quantitative estimate of drug-likeness (QED) is 0.664. The first-order valence-electron chi connectivity index (χ1n) is 11.0. The Bertz CT molecular complexity index is 738. The summed E-state index contributed by atoms with van der Waals surface area (Å²) in [5, 5.41) is 0. The minimum absolute atomic E-state index is 0.123. The average Bonchev–Trinajstić information content (AvgIpc) is 2.79. The molecule has 0 atom stereocenters. The predicted molar refractivity (Wildman–Crippen MR) is 110 cm³/mol. The number of halogens is 1. The van der Waals surface area contributed by atoms with E-state index >= 15 is 0 Å². The Morgan fingerprint density at radius 1 is 1.03 bits per heavy atom. The number of piperidine rings is 1. The van der Waals surface area contributed by atoms with Crippen LogP contribution >= 0.6 is 0 Å². The van der Waals surface area contributed by atoms with Gasteiger partial charge in [-0.3, -0.25) is 14.4 Å². The molecule has 1 aliphatic heterocycles. The van der Waals surface area contributed by atoms with E-state index in [0.717, 1.165) is 25.7 Å². The van der Waals surface area contributed by atoms with Crippen molar-refractivity contribution in [3.05, 3.63) is 35.6 Å². The number of rotatable bonds is 6. The van der Waals surface area contributed by atoms with Gasteiger partial charge in [-0.1, -0.05) is 19.3 Å². The minimum atomic E-state index is -0.382. The first-order valence-corrected chi connectivity index (χ1v) is 11.0. The predicted octanol–water partition coefficient (Wildman–Crippen LogP) is 3.40. The third kappa shape index (κ3) is 5.58. The number of likely N-dealkylation sites (N-methyl/N-ethyl adjacent to an activating group) is 1. The zero-order valence-corrected chi connectivity index (χ0v) is 17.6. The van der Waals surface area contributed by atoms with Crippen LogP contribution in [-0.2, 0) is 14.3 Å². The van der Waals surface area contributed by atoms with E-state index in [9.17, 15) is 18.8 Å². The molecule has 2 aliphatic rings. The van der Waals surface area contributed by atoms with Crippen molar-refractivity contribution >= 4 is 17.8 Å². The van der Waals surface area contributed by atoms with E-state index in [2.05, 4.69) is 0 Å². The van der Waals surface area contributed by atoms with Gasteiger partial charge in [0, 0.05) is 31.2 Å². The maximum absolute atomic E-state index is 13.0. The summed E-state index contributed by atoms with van der Waals surface area (Å²) in [7, 11) is 0. The number of nitrogens with zero attached hydrogens (tertiary/aromatic N) is 2. The number of ether oxygens (including phenoxy) is 1. The summed E-state index contributed by atoms with van der Waals surface area (Å²) in [6.07, 6.45) is 6.55. The molecule has 1 aromatic rings. The van der Waals surface area contributed by atoms with Crippen molar-refractivity contribution < 1.29 is 23.5 Å². The molecule has 2 fully saturated rings. The fraction of sp³-hybridized carbons (Fsp3) is 0.609. The van der Waals surface area contributed by atoms with Gasteiger partial charge in [0.05, 0.1) is 5.92 Å². The Morgan fingerprint density at radius 2 is 1.67 bits per heavy atom. The van der Waals surface area contributed by atoms with E-state index in [1.165, 1.54) is 30.7 Å². The Labute approximate surface area is 177 Å². The minimum Gasteiger partial charge on any atom is -0.455 e. The fourth-order valence-electron chi connectivity index (χ4n) is 4.46. The smallest absolute Gasteiger partial charge is 0.309 e. The van der Waals surface area contributed by atoms with Gasteiger partial charge in [-0.2, -0.15) is 0 Å². The topological polar surface area (TPSA) is 66.9 Å². The largest absolute Gasteiger partial charge is 0.455 e. The lowest BCUT2D eigenvalue weighted by atomic mass is 9.94. The summed E-state index contributed by atoms with van der Waals surface area (Å²) in [6, 6.07) is 5.73. The van der Waals surface area contributed by atoms with Gasteiger partial charge in [0.15, 0.2) is 6.61 Å². The van der Waals surface area contributed by atoms with Gasteiger partial charge in [0.25, 0.3) is 11.8 Å². The van der Waals surface area contributed by atoms with Crippen molar-refractivity contribution in [2.24, 2.45) is 5.92 Å². The number of benzene rings is 1. The average molecular weight is 419 g/mol. The highest BCUT2D eigenvalue weighted by molar-refractivity contribution is 5.94. The molecule has 3 rings (SSSR count). The van der Waals surface area contributed by atoms with E-state index in [0.29, 0.717) is 38.0 Å². The first-order chi connectivity index (χ1) is 14.5. The third-order valence-electron chi connectivity index (χ3n) is 6.22. The zero-order chi connectivity index (χ0) is 21.5. The van der Waals surface area contributed by atoms with E-state index in [1.54, 1.807) is 4.90 Å². The van der Waals surface area contributed by atoms with Crippen molar-refractivity contribution in [1.82, 2.24) is 9.80 Å². The third-order valence-corrected chi connectivity index (χ3v) is 6.22. The van der Waals surface area contributed by atoms with Crippen molar-refractivity contribution in [3.8, 4) is 0 Å². The van der Waals surface area contributed by atoms with Crippen molar-refractivity contribution in [3.63, 3.8) is 0 Å². The van der Waals surface area contributed by atoms with Crippen molar-refractivity contribution in [2.75, 3.05) is 26.2 Å². The molecular weight excluding hydrogens is 387 g/mol. The van der Waals surface area contributed by atoms with E-state index in [-0.39, 0.29) is 42.2 Å². The molecule has 0 bridgehead atoms. The molecule has 0 aromatic heterocycles. The van der Waals surface area contributed by atoms with Gasteiger partial charge >= 0.3 is 5.97 Å². The lowest BCUT2D eigenvalue weighted by molar-refractivity contribution is -0.157. The molecule has 7 heteroatoms. The number of hydrogen-bond donors (Lipinski definition) is 0. The molecule has 1 saturated carbocycles. The molecule has 164 valence electrons. The second kappa shape index (κ2) is 10.5. The van der Waals surface area contributed by atoms with E-state index < -0.39 is 0 Å². The summed E-state index contributed by atoms with van der Waals surface area (Å²) in [5.41, 5.74) is 0.436. The van der Waals surface area contributed by atoms with Crippen LogP contribution in [0, 0.1) is 11.7 Å². The normalized spacial score (nSPS) is 18.1. The number of carbonyl (C=O) groups excluding carboxylic acids is 3. The Kier molecular flexibility index (Phi) is 7.82. The molecule has 0 N–H and O–H groups in total. The number of likely N-dealkylation sites (tertiary alicyclic amines) is 1. The fourth-order valence-corrected chi connectivity index (χ4v) is 4.46. The second-order valence-corrected chi connectivity index (χ2v) is 8.15. The van der Waals surface area contributed by atoms with Crippen LogP contribution in [0.1, 0.15) is 62.2 Å². The summed E-state index contributed by atoms with van der Waals surface area (Å²) in [4.78, 5) is 41.0. The molecule has 1 heterocycles. The second-order valence-electron chi connectivity index (χ2n) is 8.15. The molecule has 2 amide bonds. The number of esters is 1. The van der Waals surface area contributed by atoms with Crippen molar-refractivity contribution in [2.45, 2.75) is 57.9 Å². The monoisotopic (exact) mass is 418 g/mol. The van der Waals surface area contributed by atoms with Crippen LogP contribution in [0.25, 0.3) is 0 Å². The van der Waals surface area contributed by atoms with Crippen LogP contribution in [0.2, 0.25) is 0 Å². The molecule has 6 nitrogen and oxygen atoms in total. The number of carbonyl (C=O) groups is 3. The molecule has 0 unspecified atom stereocenters. The summed E-state index contributed by atoms with van der Waals surface area (Å²) < 4.78 is 18.4. The summed E-state index contributed by atoms with van der Waals surface area (Å²) in [6.45, 7) is 3.26. The first kappa shape index (κ1) is 22.2. The van der Waals surface area contributed by atoms with Gasteiger partial charge < -0.3 is 14.5 Å². The molecule has 1 aliphatic carbocycles. The maximum Gasteiger partial charge on any atom is 0.309 e. The summed E-state index contributed by atoms with van der Waals surface area (Å²) in [5.74, 6) is -1.34. The molecule has 1 aromatic carbocycles. The molecular formula is C23H31FN2O4. The lowest BCUT2D eigenvalue weighted by Gasteiger charge is -2.34. The molecule has 30 heavy (non-hydrogen) atoms. The SMILES string of the molecule is CCN(C(=O)COC(=O)C1CCN(C(=O)c2ccc(F)cc2)CC1)C1CCCCC1. The van der Waals surface area contributed by atoms with Crippen LogP contribution in [0.5, 0.6) is 0 Å². The number of hydrogen-bond acceptors (Lipinski definition) is 4. The van der Waals surface area contributed by atoms with Crippen LogP contribution in [0.15, 0.2) is 24.3 Å². The maximum atomic E-state index is 13.0. The highest BCUT2D eigenvalue weighted by Gasteiger charge is 2.30. The Hall–Kier alpha value is -2.44. The van der Waals surface area contributed by atoms with E-state index in [1.807, 2.05) is 11.8 Å². The highest BCUT2D eigenvalue weighted by Crippen LogP contribution is 2.23. The molecule has 1 saturated heterocycles. The highest BCUT2D eigenvalue weighted by atomic mass is 19.1. The van der Waals surface area contributed by atoms with Crippen molar-refractivity contribution in [1.29, 1.82) is 0 Å². The summed E-state index contributed by atoms with van der Waals surface area (Å²) >= 11 is 0. The zero-order valence-electron chi connectivity index (χ0n) is 17.6. The lowest BCUT2D eigenvalue weighted by Crippen LogP contribution is -2.44. The standard InChI is InChI=1S/C23H31FN2O4/c1-2-26(20-6-4-3-5-7-20)21(27)16-30-23(29)18-12-14-25(15-13-18)22(28)17-8-10-19(24)11-9-17/h8-11,18,20H,2-7,12-16H2,1H3. The van der Waals surface area contributed by atoms with Gasteiger partial charge in [-0.15, -0.1) is 0 Å². The van der Waals surface area contributed by atoms with Gasteiger partial charge in [-0.05, 0) is 56.9 Å². The molecule has 0 spiro atoms. The van der Waals surface area contributed by atoms with Crippen LogP contribution in [0.3, 0.4) is 0 Å². The van der Waals surface area contributed by atoms with Gasteiger partial charge in [0.2, 0.25) is 0 Å². The van der Waals surface area contributed by atoms with Crippen LogP contribution in [-0.4, -0.2) is 59.9 Å². The van der Waals surface area contributed by atoms with Crippen LogP contribution < -0.4 is 0 Å². The van der Waals surface area contributed by atoms with Gasteiger partial charge in [-0.25, -0.2) is 4.39 Å². The van der Waals surface area contributed by atoms with E-state index in [4.69, 9.17) is 4.74 Å². The van der Waals surface area contributed by atoms with Crippen LogP contribution in [0.4, 0.5) is 4.39 Å².